The molecule has 1 aromatic carbocycles. The lowest BCUT2D eigenvalue weighted by Gasteiger charge is -2.32. The first-order valence-corrected chi connectivity index (χ1v) is 16.3. The van der Waals surface area contributed by atoms with E-state index in [1.807, 2.05) is 0 Å². The van der Waals surface area contributed by atoms with E-state index in [0.29, 0.717) is 11.8 Å². The molecule has 0 saturated heterocycles. The van der Waals surface area contributed by atoms with Gasteiger partial charge in [0.05, 0.1) is 0 Å². The van der Waals surface area contributed by atoms with Crippen LogP contribution < -0.4 is 0 Å². The van der Waals surface area contributed by atoms with E-state index in [4.69, 9.17) is 0 Å². The van der Waals surface area contributed by atoms with Crippen molar-refractivity contribution < 1.29 is 0 Å². The molecule has 1 heteroatoms. The highest BCUT2D eigenvalue weighted by Gasteiger charge is 2.27. The van der Waals surface area contributed by atoms with Gasteiger partial charge in [0.15, 0.2) is 0 Å². The van der Waals surface area contributed by atoms with Crippen LogP contribution in [0.25, 0.3) is 0 Å². The second-order valence-electron chi connectivity index (χ2n) is 10.1. The van der Waals surface area contributed by atoms with Crippen LogP contribution in [0, 0.1) is 35.1 Å². The van der Waals surface area contributed by atoms with Crippen molar-refractivity contribution in [2.45, 2.75) is 98.7 Å². The van der Waals surface area contributed by atoms with Gasteiger partial charge in [-0.15, -0.1) is 11.5 Å². The molecule has 1 aliphatic rings. The van der Waals surface area contributed by atoms with E-state index in [9.17, 15) is 0 Å². The number of hydrogen-bond acceptors (Lipinski definition) is 0. The Bertz CT molecular complexity index is 916. The van der Waals surface area contributed by atoms with Gasteiger partial charge in [-0.25, -0.2) is 0 Å². The highest BCUT2D eigenvalue weighted by Crippen LogP contribution is 2.41. The second-order valence-corrected chi connectivity index (χ2v) is 14.9. The predicted octanol–water partition coefficient (Wildman–Crippen LogP) is 8.96. The maximum absolute atomic E-state index is 3.64. The number of allylic oxidation sites excluding steroid dienone is 4. The first kappa shape index (κ1) is 26.3. The molecule has 2 rings (SSSR count). The lowest BCUT2D eigenvalue weighted by molar-refractivity contribution is 0.329. The third kappa shape index (κ3) is 7.87. The molecule has 0 radical (unpaired) electrons. The lowest BCUT2D eigenvalue weighted by atomic mass is 9.73. The maximum atomic E-state index is 3.64. The Morgan fingerprint density at radius 1 is 0.719 bits per heavy atom. The summed E-state index contributed by atoms with van der Waals surface area (Å²) in [5, 5.41) is 0. The van der Waals surface area contributed by atoms with E-state index in [1.165, 1.54) is 12.8 Å². The normalized spacial score (nSPS) is 24.0. The van der Waals surface area contributed by atoms with E-state index in [-0.39, 0.29) is 0 Å². The van der Waals surface area contributed by atoms with Gasteiger partial charge in [0.1, 0.15) is 8.07 Å². The molecule has 0 fully saturated rings. The molecule has 0 heterocycles. The molecule has 32 heavy (non-hydrogen) atoms. The van der Waals surface area contributed by atoms with Crippen LogP contribution in [0.5, 0.6) is 0 Å². The predicted molar refractivity (Wildman–Crippen MR) is 145 cm³/mol. The highest BCUT2D eigenvalue weighted by molar-refractivity contribution is 6.83. The minimum absolute atomic E-state index is 0.582. The van der Waals surface area contributed by atoms with Gasteiger partial charge in [-0.05, 0) is 73.6 Å². The molecule has 0 aromatic heterocycles. The Kier molecular flexibility index (Phi) is 10.6. The molecule has 0 unspecified atom stereocenters. The molecule has 0 nitrogen and oxygen atoms in total. The van der Waals surface area contributed by atoms with Crippen molar-refractivity contribution in [1.29, 1.82) is 0 Å². The van der Waals surface area contributed by atoms with Crippen molar-refractivity contribution in [3.8, 4) is 23.3 Å². The Labute approximate surface area is 200 Å². The smallest absolute Gasteiger partial charge is 0.129 e. The van der Waals surface area contributed by atoms with Crippen LogP contribution in [0.3, 0.4) is 0 Å². The summed E-state index contributed by atoms with van der Waals surface area (Å²) in [6.45, 7) is 16.4. The van der Waals surface area contributed by atoms with Crippen molar-refractivity contribution in [3.05, 3.63) is 58.2 Å². The molecule has 0 spiro atoms. The van der Waals surface area contributed by atoms with Crippen molar-refractivity contribution in [1.82, 2.24) is 0 Å². The third-order valence-corrected chi connectivity index (χ3v) is 7.59. The zero-order chi connectivity index (χ0) is 23.6. The van der Waals surface area contributed by atoms with E-state index in [2.05, 4.69) is 101 Å². The van der Waals surface area contributed by atoms with Crippen molar-refractivity contribution in [2.75, 3.05) is 0 Å². The van der Waals surface area contributed by atoms with Crippen LogP contribution in [0.4, 0.5) is 0 Å². The fourth-order valence-corrected chi connectivity index (χ4v) is 5.64. The molecule has 1 aromatic rings. The van der Waals surface area contributed by atoms with Crippen LogP contribution in [0.2, 0.25) is 19.6 Å². The minimum atomic E-state index is -1.35. The SMILES string of the molecule is CC/C1=C(CC)/C(CC)=C(/CC)C[C@H](CC#C[Si](C)(C)C)[C@@H](CC#Cc2ccccc2)C1. The molecule has 172 valence electrons. The van der Waals surface area contributed by atoms with Gasteiger partial charge in [-0.2, -0.15) is 0 Å². The molecule has 0 saturated carbocycles. The topological polar surface area (TPSA) is 0 Å². The van der Waals surface area contributed by atoms with Gasteiger partial charge in [0.25, 0.3) is 0 Å². The first-order valence-electron chi connectivity index (χ1n) is 12.8. The zero-order valence-corrected chi connectivity index (χ0v) is 22.7. The molecule has 1 aliphatic carbocycles. The highest BCUT2D eigenvalue weighted by atomic mass is 28.3. The van der Waals surface area contributed by atoms with Gasteiger partial charge < -0.3 is 0 Å². The summed E-state index contributed by atoms with van der Waals surface area (Å²) in [4.78, 5) is 0. The van der Waals surface area contributed by atoms with Crippen molar-refractivity contribution >= 4 is 8.07 Å². The van der Waals surface area contributed by atoms with Crippen LogP contribution in [-0.2, 0) is 0 Å². The minimum Gasteiger partial charge on any atom is -0.132 e. The Balaban J connectivity index is 2.45. The van der Waals surface area contributed by atoms with E-state index in [0.717, 1.165) is 44.1 Å². The van der Waals surface area contributed by atoms with E-state index < -0.39 is 8.07 Å². The van der Waals surface area contributed by atoms with E-state index in [1.54, 1.807) is 22.3 Å². The van der Waals surface area contributed by atoms with E-state index >= 15 is 0 Å². The number of benzene rings is 1. The summed E-state index contributed by atoms with van der Waals surface area (Å²) < 4.78 is 0. The average molecular weight is 445 g/mol. The number of hydrogen-bond donors (Lipinski definition) is 0. The van der Waals surface area contributed by atoms with Crippen molar-refractivity contribution in [3.63, 3.8) is 0 Å². The largest absolute Gasteiger partial charge is 0.132 e. The molecule has 0 amide bonds. The lowest BCUT2D eigenvalue weighted by Crippen LogP contribution is -2.21. The molecular formula is C31H44Si. The Morgan fingerprint density at radius 2 is 1.22 bits per heavy atom. The summed E-state index contributed by atoms with van der Waals surface area (Å²) in [6, 6.07) is 10.4. The monoisotopic (exact) mass is 444 g/mol. The van der Waals surface area contributed by atoms with Crippen LogP contribution >= 0.6 is 0 Å². The van der Waals surface area contributed by atoms with Crippen LogP contribution in [-0.4, -0.2) is 8.07 Å². The van der Waals surface area contributed by atoms with Gasteiger partial charge >= 0.3 is 0 Å². The Morgan fingerprint density at radius 3 is 1.66 bits per heavy atom. The van der Waals surface area contributed by atoms with Crippen LogP contribution in [0.1, 0.15) is 84.6 Å². The van der Waals surface area contributed by atoms with Gasteiger partial charge in [0.2, 0.25) is 0 Å². The third-order valence-electron chi connectivity index (χ3n) is 6.66. The summed E-state index contributed by atoms with van der Waals surface area (Å²) >= 11 is 0. The Hall–Kier alpha value is -1.96. The fraction of sp³-hybridized carbons (Fsp3) is 0.548. The summed E-state index contributed by atoms with van der Waals surface area (Å²) in [5.74, 6) is 11.8. The standard InChI is InChI=1S/C31H44Si/c1-8-26-23-28(20-15-19-25-17-13-12-14-18-25)29(21-16-22-32(5,6)7)24-27(9-2)31(11-4)30(26)10-3/h12-14,17-18,28-29H,8-11,20-21,23-24H2,1-7H3/b30-26-,31-27-/t28-,29-/m0/s1. The van der Waals surface area contributed by atoms with Crippen LogP contribution in [0.15, 0.2) is 52.6 Å². The summed E-state index contributed by atoms with van der Waals surface area (Å²) in [5.41, 5.74) is 11.4. The fourth-order valence-electron chi connectivity index (χ4n) is 5.01. The molecular weight excluding hydrogens is 400 g/mol. The quantitative estimate of drug-likeness (QED) is 0.303. The summed E-state index contributed by atoms with van der Waals surface area (Å²) in [7, 11) is -1.35. The van der Waals surface area contributed by atoms with Gasteiger partial charge in [-0.3, -0.25) is 0 Å². The second kappa shape index (κ2) is 12.9. The van der Waals surface area contributed by atoms with Crippen molar-refractivity contribution in [2.24, 2.45) is 11.8 Å². The first-order chi connectivity index (χ1) is 15.3. The molecule has 0 N–H and O–H groups in total. The molecule has 0 aliphatic heterocycles. The molecule has 2 atom stereocenters. The summed E-state index contributed by atoms with van der Waals surface area (Å²) in [6.07, 6.45) is 8.97. The zero-order valence-electron chi connectivity index (χ0n) is 21.7. The number of rotatable bonds is 6. The van der Waals surface area contributed by atoms with Gasteiger partial charge in [-0.1, -0.05) is 88.5 Å². The molecule has 0 bridgehead atoms. The maximum Gasteiger partial charge on any atom is 0.129 e. The van der Waals surface area contributed by atoms with Gasteiger partial charge in [0, 0.05) is 18.4 Å². The average Bonchev–Trinajstić information content (AvgIpc) is 2.76.